The van der Waals surface area contributed by atoms with Gasteiger partial charge in [0.2, 0.25) is 0 Å². The summed E-state index contributed by atoms with van der Waals surface area (Å²) in [5.41, 5.74) is 7.25. The molecule has 112 valence electrons. The van der Waals surface area contributed by atoms with Crippen molar-refractivity contribution in [2.24, 2.45) is 5.73 Å². The SMILES string of the molecule is CC.CC.CC(c1ccccc1)c1ccccc1.CN. The molecule has 0 heterocycles. The second kappa shape index (κ2) is 15.5. The van der Waals surface area contributed by atoms with Crippen LogP contribution in [0.2, 0.25) is 0 Å². The molecule has 2 rings (SSSR count). The Hall–Kier alpha value is -1.60. The molecule has 2 aromatic carbocycles. The van der Waals surface area contributed by atoms with E-state index in [0.717, 1.165) is 0 Å². The first-order chi connectivity index (χ1) is 9.88. The summed E-state index contributed by atoms with van der Waals surface area (Å²) in [7, 11) is 1.50. The van der Waals surface area contributed by atoms with Crippen molar-refractivity contribution in [1.29, 1.82) is 0 Å². The first-order valence-corrected chi connectivity index (χ1v) is 7.55. The van der Waals surface area contributed by atoms with Crippen LogP contribution in [-0.4, -0.2) is 7.05 Å². The lowest BCUT2D eigenvalue weighted by Gasteiger charge is -2.11. The van der Waals surface area contributed by atoms with E-state index in [2.05, 4.69) is 73.3 Å². The molecule has 1 nitrogen and oxygen atoms in total. The minimum absolute atomic E-state index is 0.484. The molecule has 0 spiro atoms. The number of benzene rings is 2. The fourth-order valence-corrected chi connectivity index (χ4v) is 1.68. The van der Waals surface area contributed by atoms with Crippen molar-refractivity contribution in [3.05, 3.63) is 71.8 Å². The summed E-state index contributed by atoms with van der Waals surface area (Å²) in [6, 6.07) is 21.2. The molecule has 2 N–H and O–H groups in total. The van der Waals surface area contributed by atoms with Gasteiger partial charge in [0.1, 0.15) is 0 Å². The lowest BCUT2D eigenvalue weighted by molar-refractivity contribution is 0.922. The van der Waals surface area contributed by atoms with Crippen LogP contribution < -0.4 is 5.73 Å². The summed E-state index contributed by atoms with van der Waals surface area (Å²) in [5, 5.41) is 0. The molecule has 0 aliphatic carbocycles. The number of hydrogen-bond donors (Lipinski definition) is 1. The molecular formula is C19H31N. The average molecular weight is 273 g/mol. The van der Waals surface area contributed by atoms with Gasteiger partial charge in [0.05, 0.1) is 0 Å². The molecule has 0 aromatic heterocycles. The van der Waals surface area contributed by atoms with Crippen molar-refractivity contribution in [2.45, 2.75) is 40.5 Å². The predicted molar refractivity (Wildman–Crippen MR) is 93.2 cm³/mol. The summed E-state index contributed by atoms with van der Waals surface area (Å²) in [5.74, 6) is 0.484. The van der Waals surface area contributed by atoms with Gasteiger partial charge in [-0.25, -0.2) is 0 Å². The zero-order valence-electron chi connectivity index (χ0n) is 13.9. The Morgan fingerprint density at radius 3 is 1.10 bits per heavy atom. The van der Waals surface area contributed by atoms with Gasteiger partial charge in [-0.2, -0.15) is 0 Å². The van der Waals surface area contributed by atoms with Crippen molar-refractivity contribution in [3.63, 3.8) is 0 Å². The van der Waals surface area contributed by atoms with Gasteiger partial charge in [0, 0.05) is 5.92 Å². The minimum atomic E-state index is 0.484. The van der Waals surface area contributed by atoms with Crippen molar-refractivity contribution < 1.29 is 0 Å². The van der Waals surface area contributed by atoms with Gasteiger partial charge in [0.25, 0.3) is 0 Å². The van der Waals surface area contributed by atoms with E-state index in [4.69, 9.17) is 0 Å². The molecule has 0 atom stereocenters. The molecule has 0 bridgehead atoms. The quantitative estimate of drug-likeness (QED) is 0.772. The highest BCUT2D eigenvalue weighted by Crippen LogP contribution is 2.22. The molecule has 0 amide bonds. The van der Waals surface area contributed by atoms with E-state index in [1.807, 2.05) is 27.7 Å². The third-order valence-corrected chi connectivity index (χ3v) is 2.60. The lowest BCUT2D eigenvalue weighted by Crippen LogP contribution is -1.94. The van der Waals surface area contributed by atoms with E-state index in [0.29, 0.717) is 5.92 Å². The minimum Gasteiger partial charge on any atom is -0.333 e. The Morgan fingerprint density at radius 1 is 0.600 bits per heavy atom. The molecule has 0 radical (unpaired) electrons. The van der Waals surface area contributed by atoms with Gasteiger partial charge in [0.15, 0.2) is 0 Å². The summed E-state index contributed by atoms with van der Waals surface area (Å²) in [4.78, 5) is 0. The molecule has 20 heavy (non-hydrogen) atoms. The van der Waals surface area contributed by atoms with Crippen LogP contribution in [0.1, 0.15) is 51.7 Å². The second-order valence-corrected chi connectivity index (χ2v) is 3.54. The Labute approximate surface area is 125 Å². The predicted octanol–water partition coefficient (Wildman–Crippen LogP) is 5.47. The van der Waals surface area contributed by atoms with Crippen LogP contribution in [0.5, 0.6) is 0 Å². The number of nitrogens with two attached hydrogens (primary N) is 1. The van der Waals surface area contributed by atoms with Crippen molar-refractivity contribution in [1.82, 2.24) is 0 Å². The topological polar surface area (TPSA) is 26.0 Å². The average Bonchev–Trinajstić information content (AvgIpc) is 2.61. The van der Waals surface area contributed by atoms with E-state index in [9.17, 15) is 0 Å². The smallest absolute Gasteiger partial charge is 0.00610 e. The third kappa shape index (κ3) is 7.75. The summed E-state index contributed by atoms with van der Waals surface area (Å²) >= 11 is 0. The second-order valence-electron chi connectivity index (χ2n) is 3.54. The first kappa shape index (κ1) is 20.7. The van der Waals surface area contributed by atoms with E-state index in [1.54, 1.807) is 0 Å². The van der Waals surface area contributed by atoms with Gasteiger partial charge in [-0.3, -0.25) is 0 Å². The van der Waals surface area contributed by atoms with E-state index < -0.39 is 0 Å². The highest BCUT2D eigenvalue weighted by atomic mass is 14.4. The zero-order valence-corrected chi connectivity index (χ0v) is 13.9. The van der Waals surface area contributed by atoms with Crippen LogP contribution in [0.4, 0.5) is 0 Å². The van der Waals surface area contributed by atoms with Gasteiger partial charge in [-0.1, -0.05) is 95.3 Å². The number of hydrogen-bond acceptors (Lipinski definition) is 1. The maximum atomic E-state index is 4.50. The number of rotatable bonds is 2. The first-order valence-electron chi connectivity index (χ1n) is 7.55. The van der Waals surface area contributed by atoms with E-state index >= 15 is 0 Å². The van der Waals surface area contributed by atoms with E-state index in [1.165, 1.54) is 18.2 Å². The van der Waals surface area contributed by atoms with Crippen molar-refractivity contribution in [2.75, 3.05) is 7.05 Å². The molecule has 0 saturated heterocycles. The fourth-order valence-electron chi connectivity index (χ4n) is 1.68. The van der Waals surface area contributed by atoms with E-state index in [-0.39, 0.29) is 0 Å². The highest BCUT2D eigenvalue weighted by molar-refractivity contribution is 5.31. The Kier molecular flexibility index (Phi) is 16.0. The van der Waals surface area contributed by atoms with Crippen LogP contribution in [0.3, 0.4) is 0 Å². The lowest BCUT2D eigenvalue weighted by atomic mass is 9.93. The maximum Gasteiger partial charge on any atom is 0.00610 e. The monoisotopic (exact) mass is 273 g/mol. The van der Waals surface area contributed by atoms with Gasteiger partial charge in [-0.05, 0) is 18.2 Å². The summed E-state index contributed by atoms with van der Waals surface area (Å²) in [6.45, 7) is 10.2. The Morgan fingerprint density at radius 2 is 0.850 bits per heavy atom. The van der Waals surface area contributed by atoms with Crippen LogP contribution >= 0.6 is 0 Å². The van der Waals surface area contributed by atoms with Gasteiger partial charge < -0.3 is 5.73 Å². The largest absolute Gasteiger partial charge is 0.333 e. The molecule has 0 unspecified atom stereocenters. The molecule has 0 aliphatic rings. The zero-order chi connectivity index (χ0) is 15.8. The molecule has 0 saturated carbocycles. The van der Waals surface area contributed by atoms with Gasteiger partial charge >= 0.3 is 0 Å². The van der Waals surface area contributed by atoms with Crippen molar-refractivity contribution >= 4 is 0 Å². The normalized spacial score (nSPS) is 8.20. The third-order valence-electron chi connectivity index (χ3n) is 2.60. The van der Waals surface area contributed by atoms with Crippen LogP contribution in [0, 0.1) is 0 Å². The van der Waals surface area contributed by atoms with Crippen molar-refractivity contribution in [3.8, 4) is 0 Å². The molecule has 0 fully saturated rings. The molecular weight excluding hydrogens is 242 g/mol. The van der Waals surface area contributed by atoms with Crippen LogP contribution in [0.15, 0.2) is 60.7 Å². The molecule has 0 aliphatic heterocycles. The Balaban J connectivity index is 0. The molecule has 1 heteroatoms. The van der Waals surface area contributed by atoms with Gasteiger partial charge in [-0.15, -0.1) is 0 Å². The summed E-state index contributed by atoms with van der Waals surface area (Å²) < 4.78 is 0. The van der Waals surface area contributed by atoms with Crippen LogP contribution in [0.25, 0.3) is 0 Å². The summed E-state index contributed by atoms with van der Waals surface area (Å²) in [6.07, 6.45) is 0. The van der Waals surface area contributed by atoms with Crippen LogP contribution in [-0.2, 0) is 0 Å². The standard InChI is InChI=1S/C14H14.2C2H6.CH5N/c1-12(13-8-4-2-5-9-13)14-10-6-3-7-11-14;3*1-2/h2-12H,1H3;2*1-2H3;2H2,1H3. The Bertz CT molecular complexity index is 342. The molecule has 2 aromatic rings. The highest BCUT2D eigenvalue weighted by Gasteiger charge is 2.05. The maximum absolute atomic E-state index is 4.50. The fraction of sp³-hybridized carbons (Fsp3) is 0.368.